The lowest BCUT2D eigenvalue weighted by Gasteiger charge is -2.24. The predicted octanol–water partition coefficient (Wildman–Crippen LogP) is 15.4. The van der Waals surface area contributed by atoms with Gasteiger partial charge in [-0.2, -0.15) is 0 Å². The highest BCUT2D eigenvalue weighted by atomic mass is 31.2. The summed E-state index contributed by atoms with van der Waals surface area (Å²) in [5, 5.41) is 0. The van der Waals surface area contributed by atoms with Gasteiger partial charge in [0, 0.05) is 12.8 Å². The van der Waals surface area contributed by atoms with E-state index in [0.717, 1.165) is 70.6 Å². The van der Waals surface area contributed by atoms with Gasteiger partial charge in [0.15, 0.2) is 6.10 Å². The number of hydrogen-bond donors (Lipinski definition) is 1. The van der Waals surface area contributed by atoms with Gasteiger partial charge < -0.3 is 18.9 Å². The molecule has 0 aliphatic rings. The summed E-state index contributed by atoms with van der Waals surface area (Å²) < 4.78 is 34.4. The van der Waals surface area contributed by atoms with Crippen LogP contribution in [0.1, 0.15) is 206 Å². The molecule has 0 spiro atoms. The van der Waals surface area contributed by atoms with Gasteiger partial charge in [-0.3, -0.25) is 18.6 Å². The summed E-state index contributed by atoms with van der Waals surface area (Å²) >= 11 is 0. The molecule has 9 nitrogen and oxygen atoms in total. The van der Waals surface area contributed by atoms with Crippen molar-refractivity contribution in [3.63, 3.8) is 0 Å². The fraction of sp³-hybridized carbons (Fsp3) is 0.741. The minimum absolute atomic E-state index is 0.0235. The lowest BCUT2D eigenvalue weighted by atomic mass is 10.0. The molecule has 0 aromatic carbocycles. The third-order valence-electron chi connectivity index (χ3n) is 10.7. The predicted molar refractivity (Wildman–Crippen MR) is 270 cm³/mol. The average molecular weight is 919 g/mol. The second kappa shape index (κ2) is 45.6. The van der Waals surface area contributed by atoms with E-state index < -0.39 is 32.5 Å². The van der Waals surface area contributed by atoms with Gasteiger partial charge in [-0.25, -0.2) is 4.57 Å². The molecule has 0 fully saturated rings. The number of likely N-dealkylation sites (N-methyl/N-ethyl adjacent to an activating group) is 1. The number of quaternary nitrogens is 1. The van der Waals surface area contributed by atoms with Crippen molar-refractivity contribution in [1.82, 2.24) is 0 Å². The molecule has 0 saturated heterocycles. The van der Waals surface area contributed by atoms with Crippen LogP contribution in [0.3, 0.4) is 0 Å². The highest BCUT2D eigenvalue weighted by Gasteiger charge is 2.27. The van der Waals surface area contributed by atoms with Crippen LogP contribution in [-0.4, -0.2) is 74.9 Å². The van der Waals surface area contributed by atoms with E-state index in [4.69, 9.17) is 18.5 Å². The number of phosphoric acid groups is 1. The summed E-state index contributed by atoms with van der Waals surface area (Å²) in [6.07, 6.45) is 58.3. The van der Waals surface area contributed by atoms with Crippen LogP contribution in [0.5, 0.6) is 0 Å². The van der Waals surface area contributed by atoms with Crippen molar-refractivity contribution in [3.05, 3.63) is 72.9 Å². The van der Waals surface area contributed by atoms with Crippen LogP contribution in [0.15, 0.2) is 72.9 Å². The summed E-state index contributed by atoms with van der Waals surface area (Å²) in [4.78, 5) is 35.5. The number of unbranched alkanes of at least 4 members (excludes halogenated alkanes) is 20. The van der Waals surface area contributed by atoms with Gasteiger partial charge >= 0.3 is 19.8 Å². The van der Waals surface area contributed by atoms with E-state index in [0.29, 0.717) is 23.9 Å². The van der Waals surface area contributed by atoms with Gasteiger partial charge in [0.05, 0.1) is 27.7 Å². The van der Waals surface area contributed by atoms with Crippen molar-refractivity contribution in [3.8, 4) is 0 Å². The van der Waals surface area contributed by atoms with Crippen molar-refractivity contribution >= 4 is 19.8 Å². The molecule has 0 rings (SSSR count). The molecular formula is C54H97NO8P+. The number of phosphoric ester groups is 1. The second-order valence-electron chi connectivity index (χ2n) is 18.2. The number of allylic oxidation sites excluding steroid dienone is 12. The number of rotatable bonds is 46. The molecule has 2 atom stereocenters. The Morgan fingerprint density at radius 3 is 1.34 bits per heavy atom. The van der Waals surface area contributed by atoms with E-state index in [1.54, 1.807) is 0 Å². The average Bonchev–Trinajstić information content (AvgIpc) is 3.25. The van der Waals surface area contributed by atoms with E-state index in [9.17, 15) is 19.0 Å². The highest BCUT2D eigenvalue weighted by molar-refractivity contribution is 7.47. The van der Waals surface area contributed by atoms with Gasteiger partial charge in [-0.15, -0.1) is 0 Å². The Labute approximate surface area is 393 Å². The maximum atomic E-state index is 12.8. The van der Waals surface area contributed by atoms with Crippen LogP contribution >= 0.6 is 7.82 Å². The zero-order valence-electron chi connectivity index (χ0n) is 41.7. The van der Waals surface area contributed by atoms with E-state index >= 15 is 0 Å². The summed E-state index contributed by atoms with van der Waals surface area (Å²) in [5.41, 5.74) is 0. The Hall–Kier alpha value is -2.55. The Balaban J connectivity index is 4.20. The second-order valence-corrected chi connectivity index (χ2v) is 19.6. The minimum atomic E-state index is -4.39. The molecule has 2 unspecified atom stereocenters. The molecule has 0 heterocycles. The maximum absolute atomic E-state index is 12.8. The number of nitrogens with zero attached hydrogens (tertiary/aromatic N) is 1. The highest BCUT2D eigenvalue weighted by Crippen LogP contribution is 2.43. The molecule has 0 aromatic rings. The number of hydrogen-bond acceptors (Lipinski definition) is 7. The number of ether oxygens (including phenoxy) is 2. The van der Waals surface area contributed by atoms with Gasteiger partial charge in [0.2, 0.25) is 0 Å². The maximum Gasteiger partial charge on any atom is 0.472 e. The van der Waals surface area contributed by atoms with Crippen LogP contribution < -0.4 is 0 Å². The van der Waals surface area contributed by atoms with Crippen molar-refractivity contribution in [2.24, 2.45) is 0 Å². The Kier molecular flexibility index (Phi) is 43.8. The topological polar surface area (TPSA) is 108 Å². The molecule has 0 amide bonds. The standard InChI is InChI=1S/C54H96NO8P/c1-6-8-10-12-14-16-18-20-21-22-23-24-25-26-27-28-29-30-31-32-33-35-37-39-41-43-45-47-54(57)63-52(51-62-64(58,59)61-49-48-55(3,4)5)50-60-53(56)46-44-42-40-38-36-34-19-17-15-13-11-9-7-2/h9,11,15,17-18,20,22-23,25-26,34,36,52H,6-8,10,12-14,16,19,21,24,27-33,35,37-51H2,1-5H3/p+1/b11-9-,17-15-,20-18-,23-22-,26-25-,36-34-. The first-order valence-electron chi connectivity index (χ1n) is 25.7. The van der Waals surface area contributed by atoms with E-state index in [2.05, 4.69) is 86.8 Å². The van der Waals surface area contributed by atoms with Crippen molar-refractivity contribution in [2.75, 3.05) is 47.5 Å². The number of esters is 2. The third-order valence-corrected chi connectivity index (χ3v) is 11.7. The van der Waals surface area contributed by atoms with Crippen molar-refractivity contribution in [2.45, 2.75) is 213 Å². The number of carbonyl (C=O) groups is 2. The molecule has 0 aliphatic carbocycles. The van der Waals surface area contributed by atoms with Crippen LogP contribution in [0, 0.1) is 0 Å². The fourth-order valence-corrected chi connectivity index (χ4v) is 7.48. The smallest absolute Gasteiger partial charge is 0.462 e. The lowest BCUT2D eigenvalue weighted by molar-refractivity contribution is -0.870. The molecule has 0 radical (unpaired) electrons. The molecule has 64 heavy (non-hydrogen) atoms. The lowest BCUT2D eigenvalue weighted by Crippen LogP contribution is -2.37. The summed E-state index contributed by atoms with van der Waals surface area (Å²) in [6, 6.07) is 0. The monoisotopic (exact) mass is 919 g/mol. The summed E-state index contributed by atoms with van der Waals surface area (Å²) in [6.45, 7) is 4.26. The van der Waals surface area contributed by atoms with Crippen LogP contribution in [0.25, 0.3) is 0 Å². The summed E-state index contributed by atoms with van der Waals surface area (Å²) in [7, 11) is 1.45. The Morgan fingerprint density at radius 2 is 0.891 bits per heavy atom. The fourth-order valence-electron chi connectivity index (χ4n) is 6.74. The number of carbonyl (C=O) groups excluding carboxylic acids is 2. The van der Waals surface area contributed by atoms with Gasteiger partial charge in [0.25, 0.3) is 0 Å². The van der Waals surface area contributed by atoms with Crippen LogP contribution in [0.2, 0.25) is 0 Å². The molecular weight excluding hydrogens is 822 g/mol. The molecule has 370 valence electrons. The molecule has 1 N–H and O–H groups in total. The van der Waals surface area contributed by atoms with Crippen LogP contribution in [0.4, 0.5) is 0 Å². The minimum Gasteiger partial charge on any atom is -0.462 e. The Bertz CT molecular complexity index is 1310. The first kappa shape index (κ1) is 61.5. The molecule has 10 heteroatoms. The molecule has 0 bridgehead atoms. The van der Waals surface area contributed by atoms with E-state index in [1.165, 1.54) is 96.3 Å². The van der Waals surface area contributed by atoms with E-state index in [1.807, 2.05) is 21.1 Å². The summed E-state index contributed by atoms with van der Waals surface area (Å²) in [5.74, 6) is -0.837. The first-order valence-corrected chi connectivity index (χ1v) is 27.2. The molecule has 0 saturated carbocycles. The zero-order chi connectivity index (χ0) is 47.1. The van der Waals surface area contributed by atoms with Gasteiger partial charge in [-0.05, 0) is 83.5 Å². The molecule has 0 aliphatic heterocycles. The van der Waals surface area contributed by atoms with Crippen molar-refractivity contribution in [1.29, 1.82) is 0 Å². The zero-order valence-corrected chi connectivity index (χ0v) is 42.6. The largest absolute Gasteiger partial charge is 0.472 e. The van der Waals surface area contributed by atoms with Gasteiger partial charge in [-0.1, -0.05) is 183 Å². The molecule has 0 aromatic heterocycles. The van der Waals surface area contributed by atoms with E-state index in [-0.39, 0.29) is 26.1 Å². The first-order chi connectivity index (χ1) is 31.0. The Morgan fingerprint density at radius 1 is 0.500 bits per heavy atom. The van der Waals surface area contributed by atoms with Crippen LogP contribution in [-0.2, 0) is 32.7 Å². The third kappa shape index (κ3) is 48.9. The SMILES string of the molecule is CC/C=C\C/C=C\C/C=C\CCCCCC(=O)OCC(COP(=O)(O)OCC[N+](C)(C)C)OC(=O)CCCCCCCCCCCCCC/C=C\C/C=C\C/C=C\CCCCCCC. The van der Waals surface area contributed by atoms with Crippen molar-refractivity contribution < 1.29 is 42.1 Å². The van der Waals surface area contributed by atoms with Gasteiger partial charge in [0.1, 0.15) is 19.8 Å². The quantitative estimate of drug-likeness (QED) is 0.0211. The normalized spacial score (nSPS) is 14.0.